The van der Waals surface area contributed by atoms with Crippen LogP contribution in [-0.2, 0) is 13.0 Å². The molecule has 0 radical (unpaired) electrons. The lowest BCUT2D eigenvalue weighted by Crippen LogP contribution is -2.15. The second-order valence-electron chi connectivity index (χ2n) is 6.22. The maximum absolute atomic E-state index is 6.28. The van der Waals surface area contributed by atoms with E-state index in [4.69, 9.17) is 27.9 Å². The van der Waals surface area contributed by atoms with E-state index in [-0.39, 0.29) is 0 Å². The fraction of sp³-hybridized carbons (Fsp3) is 0.350. The quantitative estimate of drug-likeness (QED) is 0.481. The Bertz CT molecular complexity index is 807. The molecule has 6 heteroatoms. The number of fused-ring (bicyclic) bond motifs is 1. The van der Waals surface area contributed by atoms with Crippen LogP contribution >= 0.6 is 23.2 Å². The van der Waals surface area contributed by atoms with Gasteiger partial charge in [0.1, 0.15) is 5.82 Å². The summed E-state index contributed by atoms with van der Waals surface area (Å²) in [6, 6.07) is 11.9. The van der Waals surface area contributed by atoms with Crippen molar-refractivity contribution in [3.63, 3.8) is 0 Å². The van der Waals surface area contributed by atoms with Crippen molar-refractivity contribution >= 4 is 34.2 Å². The molecule has 0 unspecified atom stereocenters. The Balaban J connectivity index is 1.46. The second-order valence-corrected chi connectivity index (χ2v) is 7.03. The molecule has 1 aromatic heterocycles. The molecule has 0 saturated carbocycles. The fourth-order valence-electron chi connectivity index (χ4n) is 2.79. The first kappa shape index (κ1) is 19.0. The maximum Gasteiger partial charge on any atom is 0.156 e. The molecule has 0 aliphatic rings. The highest BCUT2D eigenvalue weighted by Crippen LogP contribution is 2.34. The number of nitrogens with zero attached hydrogens (tertiary/aromatic N) is 1. The monoisotopic (exact) mass is 391 g/mol. The molecule has 3 rings (SSSR count). The van der Waals surface area contributed by atoms with Crippen LogP contribution in [0.4, 0.5) is 0 Å². The van der Waals surface area contributed by atoms with Gasteiger partial charge in [0.15, 0.2) is 5.75 Å². The summed E-state index contributed by atoms with van der Waals surface area (Å²) < 4.78 is 5.59. The number of imidazole rings is 1. The number of hydrogen-bond donors (Lipinski definition) is 2. The van der Waals surface area contributed by atoms with E-state index in [2.05, 4.69) is 15.3 Å². The third kappa shape index (κ3) is 4.91. The van der Waals surface area contributed by atoms with Gasteiger partial charge in [-0.3, -0.25) is 0 Å². The molecular formula is C20H23Cl2N3O. The molecule has 2 aromatic carbocycles. The lowest BCUT2D eigenvalue weighted by Gasteiger charge is -2.11. The maximum atomic E-state index is 6.28. The van der Waals surface area contributed by atoms with Crippen LogP contribution in [-0.4, -0.2) is 23.1 Å². The zero-order valence-electron chi connectivity index (χ0n) is 14.8. The molecule has 26 heavy (non-hydrogen) atoms. The SMILES string of the molecule is CCCOc1c(Cl)cc(CNCCCc2nc3ccccc3[nH]2)cc1Cl. The summed E-state index contributed by atoms with van der Waals surface area (Å²) in [5, 5.41) is 4.54. The first-order valence-corrected chi connectivity index (χ1v) is 9.68. The van der Waals surface area contributed by atoms with E-state index in [1.54, 1.807) is 0 Å². The summed E-state index contributed by atoms with van der Waals surface area (Å²) in [5.74, 6) is 1.60. The predicted octanol–water partition coefficient (Wildman–Crippen LogP) is 5.38. The van der Waals surface area contributed by atoms with Crippen LogP contribution in [0.25, 0.3) is 11.0 Å². The first-order chi connectivity index (χ1) is 12.7. The van der Waals surface area contributed by atoms with Crippen molar-refractivity contribution in [2.75, 3.05) is 13.2 Å². The molecule has 2 N–H and O–H groups in total. The minimum atomic E-state index is 0.560. The van der Waals surface area contributed by atoms with Gasteiger partial charge in [0.05, 0.1) is 27.7 Å². The van der Waals surface area contributed by atoms with Crippen molar-refractivity contribution in [3.8, 4) is 5.75 Å². The first-order valence-electron chi connectivity index (χ1n) is 8.92. The molecule has 0 amide bonds. The van der Waals surface area contributed by atoms with Crippen molar-refractivity contribution in [1.82, 2.24) is 15.3 Å². The number of aromatic amines is 1. The fourth-order valence-corrected chi connectivity index (χ4v) is 3.44. The Morgan fingerprint density at radius 2 is 1.92 bits per heavy atom. The van der Waals surface area contributed by atoms with E-state index in [1.165, 1.54) is 0 Å². The molecule has 0 aliphatic carbocycles. The van der Waals surface area contributed by atoms with Crippen molar-refractivity contribution in [2.24, 2.45) is 0 Å². The lowest BCUT2D eigenvalue weighted by atomic mass is 10.2. The molecule has 0 atom stereocenters. The van der Waals surface area contributed by atoms with Gasteiger partial charge in [-0.05, 0) is 49.2 Å². The van der Waals surface area contributed by atoms with Gasteiger partial charge in [0.25, 0.3) is 0 Å². The van der Waals surface area contributed by atoms with Crippen LogP contribution in [0.3, 0.4) is 0 Å². The van der Waals surface area contributed by atoms with Gasteiger partial charge >= 0.3 is 0 Å². The normalized spacial score (nSPS) is 11.2. The highest BCUT2D eigenvalue weighted by molar-refractivity contribution is 6.37. The molecule has 0 saturated heterocycles. The molecule has 0 spiro atoms. The summed E-state index contributed by atoms with van der Waals surface area (Å²) >= 11 is 12.6. The van der Waals surface area contributed by atoms with Crippen molar-refractivity contribution in [2.45, 2.75) is 32.7 Å². The van der Waals surface area contributed by atoms with Gasteiger partial charge in [-0.25, -0.2) is 4.98 Å². The lowest BCUT2D eigenvalue weighted by molar-refractivity contribution is 0.317. The summed E-state index contributed by atoms with van der Waals surface area (Å²) in [7, 11) is 0. The second kappa shape index (κ2) is 9.26. The van der Waals surface area contributed by atoms with Crippen molar-refractivity contribution in [1.29, 1.82) is 0 Å². The number of nitrogens with one attached hydrogen (secondary N) is 2. The Hall–Kier alpha value is -1.75. The molecule has 0 aliphatic heterocycles. The average Bonchev–Trinajstić information content (AvgIpc) is 3.03. The van der Waals surface area contributed by atoms with Crippen LogP contribution in [0, 0.1) is 0 Å². The number of aromatic nitrogens is 2. The third-order valence-electron chi connectivity index (χ3n) is 4.04. The highest BCUT2D eigenvalue weighted by atomic mass is 35.5. The number of hydrogen-bond acceptors (Lipinski definition) is 3. The van der Waals surface area contributed by atoms with Gasteiger partial charge < -0.3 is 15.0 Å². The molecule has 4 nitrogen and oxygen atoms in total. The van der Waals surface area contributed by atoms with Crippen LogP contribution in [0.1, 0.15) is 31.2 Å². The largest absolute Gasteiger partial charge is 0.490 e. The zero-order valence-corrected chi connectivity index (χ0v) is 16.3. The molecule has 138 valence electrons. The average molecular weight is 392 g/mol. The highest BCUT2D eigenvalue weighted by Gasteiger charge is 2.09. The summed E-state index contributed by atoms with van der Waals surface area (Å²) in [6.45, 7) is 4.26. The molecule has 0 fully saturated rings. The van der Waals surface area contributed by atoms with Crippen molar-refractivity contribution in [3.05, 3.63) is 57.8 Å². The van der Waals surface area contributed by atoms with E-state index < -0.39 is 0 Å². The molecular weight excluding hydrogens is 369 g/mol. The van der Waals surface area contributed by atoms with Gasteiger partial charge in [-0.1, -0.05) is 42.3 Å². The van der Waals surface area contributed by atoms with E-state index in [0.717, 1.165) is 48.2 Å². The topological polar surface area (TPSA) is 49.9 Å². The van der Waals surface area contributed by atoms with Crippen LogP contribution < -0.4 is 10.1 Å². The number of para-hydroxylation sites is 2. The van der Waals surface area contributed by atoms with Crippen LogP contribution in [0.5, 0.6) is 5.75 Å². The Morgan fingerprint density at radius 1 is 1.15 bits per heavy atom. The van der Waals surface area contributed by atoms with Gasteiger partial charge in [-0.2, -0.15) is 0 Å². The number of halogens is 2. The van der Waals surface area contributed by atoms with Crippen molar-refractivity contribution < 1.29 is 4.74 Å². The number of benzene rings is 2. The van der Waals surface area contributed by atoms with E-state index in [9.17, 15) is 0 Å². The van der Waals surface area contributed by atoms with E-state index >= 15 is 0 Å². The minimum Gasteiger partial charge on any atom is -0.490 e. The minimum absolute atomic E-state index is 0.560. The van der Waals surface area contributed by atoms with Crippen LogP contribution in [0.2, 0.25) is 10.0 Å². The zero-order chi connectivity index (χ0) is 18.4. The Labute approximate surface area is 163 Å². The molecule has 1 heterocycles. The summed E-state index contributed by atoms with van der Waals surface area (Å²) in [6.07, 6.45) is 2.83. The number of H-pyrrole nitrogens is 1. The number of aryl methyl sites for hydroxylation is 1. The summed E-state index contributed by atoms with van der Waals surface area (Å²) in [4.78, 5) is 7.95. The standard InChI is InChI=1S/C20H23Cl2N3O/c1-2-10-26-20-15(21)11-14(12-16(20)22)13-23-9-5-8-19-24-17-6-3-4-7-18(17)25-19/h3-4,6-7,11-12,23H,2,5,8-10,13H2,1H3,(H,24,25). The van der Waals surface area contributed by atoms with E-state index in [1.807, 2.05) is 43.3 Å². The number of ether oxygens (including phenoxy) is 1. The Morgan fingerprint density at radius 3 is 2.65 bits per heavy atom. The van der Waals surface area contributed by atoms with Gasteiger partial charge in [-0.15, -0.1) is 0 Å². The summed E-state index contributed by atoms with van der Waals surface area (Å²) in [5.41, 5.74) is 3.16. The van der Waals surface area contributed by atoms with E-state index in [0.29, 0.717) is 28.9 Å². The molecule has 3 aromatic rings. The number of rotatable bonds is 9. The molecule has 0 bridgehead atoms. The smallest absolute Gasteiger partial charge is 0.156 e. The van der Waals surface area contributed by atoms with Gasteiger partial charge in [0.2, 0.25) is 0 Å². The van der Waals surface area contributed by atoms with Crippen LogP contribution in [0.15, 0.2) is 36.4 Å². The Kier molecular flexibility index (Phi) is 6.78. The predicted molar refractivity (Wildman–Crippen MR) is 108 cm³/mol. The van der Waals surface area contributed by atoms with Gasteiger partial charge in [0, 0.05) is 13.0 Å². The third-order valence-corrected chi connectivity index (χ3v) is 4.60.